The first-order valence-corrected chi connectivity index (χ1v) is 30.9. The summed E-state index contributed by atoms with van der Waals surface area (Å²) in [5, 5.41) is 11.8. The number of ether oxygens (including phenoxy) is 4. The van der Waals surface area contributed by atoms with Gasteiger partial charge in [0, 0.05) is 12.8 Å². The van der Waals surface area contributed by atoms with E-state index >= 15 is 0 Å². The molecule has 0 aromatic heterocycles. The first-order valence-electron chi connectivity index (χ1n) is 30.9. The lowest BCUT2D eigenvalue weighted by molar-refractivity contribution is -0.870. The van der Waals surface area contributed by atoms with E-state index in [1.54, 1.807) is 0 Å². The van der Waals surface area contributed by atoms with E-state index in [0.29, 0.717) is 17.4 Å². The molecule has 0 bridgehead atoms. The summed E-state index contributed by atoms with van der Waals surface area (Å²) in [6.07, 6.45) is 74.6. The van der Waals surface area contributed by atoms with Gasteiger partial charge in [0.05, 0.1) is 40.3 Å². The molecule has 0 amide bonds. The highest BCUT2D eigenvalue weighted by molar-refractivity contribution is 5.70. The van der Waals surface area contributed by atoms with Crippen molar-refractivity contribution in [1.82, 2.24) is 0 Å². The molecule has 0 fully saturated rings. The summed E-state index contributed by atoms with van der Waals surface area (Å²) in [5.74, 6) is -2.32. The highest BCUT2D eigenvalue weighted by Gasteiger charge is 2.22. The topological polar surface area (TPSA) is 111 Å². The molecule has 0 spiro atoms. The SMILES string of the molecule is CC/C=C\C/C=C\C/C=C\C/C=C\C/C=C\C/C=C\C/C=C\C/C=C\CCCCCCC(=O)OC(COC(=O)CCCCCCCCCCCCCCCCCCCCCCCC)COC(OCC[N+](C)(C)C)C(=O)[O-]. The fourth-order valence-electron chi connectivity index (χ4n) is 8.38. The molecule has 0 heterocycles. The van der Waals surface area contributed by atoms with Gasteiger partial charge in [-0.05, 0) is 77.0 Å². The van der Waals surface area contributed by atoms with Crippen LogP contribution in [0.3, 0.4) is 0 Å². The van der Waals surface area contributed by atoms with Crippen LogP contribution in [0.25, 0.3) is 0 Å². The molecule has 0 aliphatic heterocycles. The van der Waals surface area contributed by atoms with Gasteiger partial charge in [-0.25, -0.2) is 0 Å². The van der Waals surface area contributed by atoms with Gasteiger partial charge in [0.1, 0.15) is 13.2 Å². The van der Waals surface area contributed by atoms with E-state index in [-0.39, 0.29) is 38.6 Å². The molecule has 76 heavy (non-hydrogen) atoms. The molecule has 0 aliphatic rings. The maximum Gasteiger partial charge on any atom is 0.306 e. The minimum atomic E-state index is -1.63. The molecule has 0 radical (unpaired) electrons. The molecule has 0 aromatic carbocycles. The van der Waals surface area contributed by atoms with Crippen LogP contribution in [-0.2, 0) is 33.3 Å². The van der Waals surface area contributed by atoms with Crippen molar-refractivity contribution in [2.45, 2.75) is 264 Å². The zero-order valence-corrected chi connectivity index (χ0v) is 49.6. The molecular weight excluding hydrogens is 947 g/mol. The maximum absolute atomic E-state index is 12.9. The van der Waals surface area contributed by atoms with Crippen LogP contribution in [0, 0.1) is 0 Å². The van der Waals surface area contributed by atoms with Crippen molar-refractivity contribution in [3.05, 3.63) is 97.2 Å². The molecule has 436 valence electrons. The molecule has 0 saturated carbocycles. The predicted molar refractivity (Wildman–Crippen MR) is 320 cm³/mol. The Labute approximate surface area is 467 Å². The number of unbranched alkanes of at least 4 members (excludes halogenated alkanes) is 25. The minimum Gasteiger partial charge on any atom is -0.545 e. The number of likely N-dealkylation sites (N-methyl/N-ethyl adjacent to an activating group) is 1. The summed E-state index contributed by atoms with van der Waals surface area (Å²) in [7, 11) is 5.91. The van der Waals surface area contributed by atoms with E-state index in [4.69, 9.17) is 18.9 Å². The van der Waals surface area contributed by atoms with E-state index in [9.17, 15) is 19.5 Å². The summed E-state index contributed by atoms with van der Waals surface area (Å²) >= 11 is 0. The highest BCUT2D eigenvalue weighted by atomic mass is 16.7. The van der Waals surface area contributed by atoms with Crippen molar-refractivity contribution in [2.75, 3.05) is 47.5 Å². The Bertz CT molecular complexity index is 1570. The lowest BCUT2D eigenvalue weighted by Gasteiger charge is -2.26. The number of carbonyl (C=O) groups is 3. The Balaban J connectivity index is 4.29. The van der Waals surface area contributed by atoms with E-state index in [2.05, 4.69) is 111 Å². The smallest absolute Gasteiger partial charge is 0.306 e. The number of allylic oxidation sites excluding steroid dienone is 16. The Morgan fingerprint density at radius 2 is 0.750 bits per heavy atom. The number of carboxylic acids is 1. The number of aliphatic carboxylic acids is 1. The number of nitrogens with zero attached hydrogens (tertiary/aromatic N) is 1. The Morgan fingerprint density at radius 3 is 1.12 bits per heavy atom. The van der Waals surface area contributed by atoms with Crippen LogP contribution in [-0.4, -0.2) is 82.3 Å². The van der Waals surface area contributed by atoms with Gasteiger partial charge in [-0.2, -0.15) is 0 Å². The van der Waals surface area contributed by atoms with Crippen molar-refractivity contribution in [1.29, 1.82) is 0 Å². The van der Waals surface area contributed by atoms with Gasteiger partial charge in [0.15, 0.2) is 12.4 Å². The average molecular weight is 1060 g/mol. The van der Waals surface area contributed by atoms with Crippen molar-refractivity contribution in [2.24, 2.45) is 0 Å². The van der Waals surface area contributed by atoms with Crippen LogP contribution in [0.15, 0.2) is 97.2 Å². The van der Waals surface area contributed by atoms with Gasteiger partial charge in [0.25, 0.3) is 0 Å². The quantitative estimate of drug-likeness (QED) is 0.0195. The normalized spacial score (nSPS) is 13.4. The number of esters is 2. The van der Waals surface area contributed by atoms with Crippen LogP contribution >= 0.6 is 0 Å². The largest absolute Gasteiger partial charge is 0.545 e. The summed E-state index contributed by atoms with van der Waals surface area (Å²) in [5.41, 5.74) is 0. The van der Waals surface area contributed by atoms with E-state index in [0.717, 1.165) is 96.3 Å². The molecule has 9 nitrogen and oxygen atoms in total. The fraction of sp³-hybridized carbons (Fsp3) is 0.716. The van der Waals surface area contributed by atoms with Crippen LogP contribution in [0.5, 0.6) is 0 Å². The lowest BCUT2D eigenvalue weighted by Crippen LogP contribution is -2.44. The van der Waals surface area contributed by atoms with Crippen LogP contribution in [0.1, 0.15) is 251 Å². The first kappa shape index (κ1) is 72.2. The lowest BCUT2D eigenvalue weighted by atomic mass is 10.0. The molecular formula is C67H115NO8. The minimum absolute atomic E-state index is 0.139. The second-order valence-corrected chi connectivity index (χ2v) is 21.6. The van der Waals surface area contributed by atoms with Crippen LogP contribution < -0.4 is 5.11 Å². The van der Waals surface area contributed by atoms with E-state index in [1.807, 2.05) is 21.1 Å². The molecule has 0 aliphatic carbocycles. The predicted octanol–water partition coefficient (Wildman–Crippen LogP) is 17.2. The van der Waals surface area contributed by atoms with Crippen molar-refractivity contribution in [3.8, 4) is 0 Å². The van der Waals surface area contributed by atoms with Gasteiger partial charge in [-0.1, -0.05) is 259 Å². The van der Waals surface area contributed by atoms with Gasteiger partial charge in [-0.15, -0.1) is 0 Å². The van der Waals surface area contributed by atoms with Crippen LogP contribution in [0.4, 0.5) is 0 Å². The van der Waals surface area contributed by atoms with Crippen LogP contribution in [0.2, 0.25) is 0 Å². The van der Waals surface area contributed by atoms with Gasteiger partial charge < -0.3 is 33.3 Å². The molecule has 2 atom stereocenters. The average Bonchev–Trinajstić information content (AvgIpc) is 3.39. The van der Waals surface area contributed by atoms with Gasteiger partial charge in [-0.3, -0.25) is 9.59 Å². The monoisotopic (exact) mass is 1060 g/mol. The highest BCUT2D eigenvalue weighted by Crippen LogP contribution is 2.16. The Hall–Kier alpha value is -3.79. The summed E-state index contributed by atoms with van der Waals surface area (Å²) in [4.78, 5) is 37.4. The maximum atomic E-state index is 12.9. The summed E-state index contributed by atoms with van der Waals surface area (Å²) in [6, 6.07) is 0. The molecule has 0 aromatic rings. The summed E-state index contributed by atoms with van der Waals surface area (Å²) in [6.45, 7) is 4.62. The Kier molecular flexibility index (Phi) is 54.5. The van der Waals surface area contributed by atoms with Crippen molar-refractivity contribution >= 4 is 17.9 Å². The van der Waals surface area contributed by atoms with E-state index < -0.39 is 24.3 Å². The standard InChI is InChI=1S/C67H115NO8/c1-6-8-10-12-14-16-18-20-22-24-26-28-30-31-32-33-34-35-36-38-40-42-44-46-48-50-52-54-56-58-65(70)76-63(62-75-67(66(71)72)73-60-59-68(3,4)5)61-74-64(69)57-55-53-51-49-47-45-43-41-39-37-29-27-25-23-21-19-17-15-13-11-9-7-2/h8,10,14,16,20,22,26,28,31-32,34-35,38,40,44,46,63,67H,6-7,9,11-13,15,17-19,21,23-25,27,29-30,33,36-37,39,41-43,45,47-62H2,1-5H3/b10-8-,16-14-,22-20-,28-26-,32-31-,35-34-,40-38-,46-44-. The third-order valence-electron chi connectivity index (χ3n) is 13.1. The molecule has 0 N–H and O–H groups in total. The van der Waals surface area contributed by atoms with Crippen molar-refractivity contribution < 1.29 is 42.9 Å². The number of carbonyl (C=O) groups excluding carboxylic acids is 3. The number of hydrogen-bond acceptors (Lipinski definition) is 8. The zero-order chi connectivity index (χ0) is 55.5. The first-order chi connectivity index (χ1) is 37.1. The summed E-state index contributed by atoms with van der Waals surface area (Å²) < 4.78 is 22.7. The second kappa shape index (κ2) is 57.4. The number of quaternary nitrogens is 1. The van der Waals surface area contributed by atoms with Gasteiger partial charge >= 0.3 is 11.9 Å². The molecule has 0 rings (SSSR count). The van der Waals surface area contributed by atoms with E-state index in [1.165, 1.54) is 122 Å². The number of rotatable bonds is 56. The number of hydrogen-bond donors (Lipinski definition) is 0. The molecule has 0 saturated heterocycles. The Morgan fingerprint density at radius 1 is 0.408 bits per heavy atom. The molecule has 2 unspecified atom stereocenters. The van der Waals surface area contributed by atoms with Gasteiger partial charge in [0.2, 0.25) is 0 Å². The fourth-order valence-corrected chi connectivity index (χ4v) is 8.38. The second-order valence-electron chi connectivity index (χ2n) is 21.6. The zero-order valence-electron chi connectivity index (χ0n) is 49.6. The number of carboxylic acid groups (broad SMARTS) is 1. The third-order valence-corrected chi connectivity index (χ3v) is 13.1. The third kappa shape index (κ3) is 57.9. The molecule has 9 heteroatoms. The van der Waals surface area contributed by atoms with Crippen molar-refractivity contribution in [3.63, 3.8) is 0 Å².